The lowest BCUT2D eigenvalue weighted by atomic mass is 10.1. The summed E-state index contributed by atoms with van der Waals surface area (Å²) in [6.45, 7) is 0.870. The van der Waals surface area contributed by atoms with Gasteiger partial charge in [0.15, 0.2) is 0 Å². The van der Waals surface area contributed by atoms with Crippen LogP contribution in [-0.4, -0.2) is 46.0 Å². The van der Waals surface area contributed by atoms with E-state index in [4.69, 9.17) is 9.84 Å². The molecule has 0 unspecified atom stereocenters. The van der Waals surface area contributed by atoms with Gasteiger partial charge in [0.1, 0.15) is 17.1 Å². The summed E-state index contributed by atoms with van der Waals surface area (Å²) in [5, 5.41) is 21.5. The lowest BCUT2D eigenvalue weighted by Crippen LogP contribution is -2.30. The number of amides is 2. The fourth-order valence-electron chi connectivity index (χ4n) is 3.70. The number of rotatable bonds is 13. The first-order valence-electron chi connectivity index (χ1n) is 11.5. The minimum Gasteiger partial charge on any atom is -0.509 e. The van der Waals surface area contributed by atoms with E-state index >= 15 is 0 Å². The average Bonchev–Trinajstić information content (AvgIpc) is 3.09. The van der Waals surface area contributed by atoms with Crippen molar-refractivity contribution < 1.29 is 29.3 Å². The summed E-state index contributed by atoms with van der Waals surface area (Å²) >= 11 is 0. The van der Waals surface area contributed by atoms with E-state index in [1.165, 1.54) is 4.90 Å². The molecule has 8 heteroatoms. The van der Waals surface area contributed by atoms with Gasteiger partial charge in [-0.3, -0.25) is 14.4 Å². The van der Waals surface area contributed by atoms with Crippen LogP contribution in [0.25, 0.3) is 0 Å². The molecular formula is C26H30N2O6. The van der Waals surface area contributed by atoms with E-state index in [0.717, 1.165) is 31.2 Å². The molecule has 0 spiro atoms. The molecule has 0 radical (unpaired) electrons. The summed E-state index contributed by atoms with van der Waals surface area (Å²) in [6, 6.07) is 16.2. The molecule has 0 bridgehead atoms. The van der Waals surface area contributed by atoms with E-state index in [0.29, 0.717) is 31.0 Å². The number of unbranched alkanes of at least 4 members (excludes halogenated alkanes) is 4. The van der Waals surface area contributed by atoms with Crippen LogP contribution >= 0.6 is 0 Å². The second kappa shape index (κ2) is 12.4. The summed E-state index contributed by atoms with van der Waals surface area (Å²) in [6.07, 6.45) is 4.65. The van der Waals surface area contributed by atoms with Crippen LogP contribution in [-0.2, 0) is 20.9 Å². The number of benzene rings is 2. The molecule has 3 N–H and O–H groups in total. The Morgan fingerprint density at radius 2 is 1.62 bits per heavy atom. The third kappa shape index (κ3) is 7.37. The Balaban J connectivity index is 1.41. The van der Waals surface area contributed by atoms with Crippen LogP contribution in [0.15, 0.2) is 65.9 Å². The Labute approximate surface area is 198 Å². The number of hydrogen-bond donors (Lipinski definition) is 3. The van der Waals surface area contributed by atoms with E-state index in [-0.39, 0.29) is 24.3 Å². The third-order valence-electron chi connectivity index (χ3n) is 5.49. The Morgan fingerprint density at radius 1 is 0.941 bits per heavy atom. The maximum Gasteiger partial charge on any atom is 0.303 e. The normalized spacial score (nSPS) is 13.3. The first-order chi connectivity index (χ1) is 16.4. The number of aliphatic hydroxyl groups excluding tert-OH is 1. The minimum absolute atomic E-state index is 0.00280. The number of carbonyl (C=O) groups is 3. The highest BCUT2D eigenvalue weighted by Crippen LogP contribution is 2.22. The van der Waals surface area contributed by atoms with Gasteiger partial charge in [-0.25, -0.2) is 0 Å². The van der Waals surface area contributed by atoms with Gasteiger partial charge in [0.2, 0.25) is 0 Å². The molecule has 0 aliphatic carbocycles. The van der Waals surface area contributed by atoms with Crippen LogP contribution in [0.4, 0.5) is 5.69 Å². The molecule has 1 heterocycles. The van der Waals surface area contributed by atoms with Crippen molar-refractivity contribution >= 4 is 23.5 Å². The second-order valence-electron chi connectivity index (χ2n) is 8.21. The zero-order chi connectivity index (χ0) is 24.3. The first-order valence-corrected chi connectivity index (χ1v) is 11.5. The average molecular weight is 467 g/mol. The SMILES string of the molecule is O=C(O)CCCCCCCOc1ccc(NC(=O)C2=C(O)CN(Cc3ccccc3)C2=O)cc1. The van der Waals surface area contributed by atoms with Gasteiger partial charge in [0.25, 0.3) is 11.8 Å². The number of nitrogens with zero attached hydrogens (tertiary/aromatic N) is 1. The Bertz CT molecular complexity index is 1020. The van der Waals surface area contributed by atoms with E-state index < -0.39 is 17.8 Å². The fraction of sp³-hybridized carbons (Fsp3) is 0.346. The third-order valence-corrected chi connectivity index (χ3v) is 5.49. The number of hydrogen-bond acceptors (Lipinski definition) is 5. The smallest absolute Gasteiger partial charge is 0.303 e. The number of anilines is 1. The quantitative estimate of drug-likeness (QED) is 0.300. The lowest BCUT2D eigenvalue weighted by molar-refractivity contribution is -0.137. The summed E-state index contributed by atoms with van der Waals surface area (Å²) < 4.78 is 5.70. The molecule has 2 amide bonds. The van der Waals surface area contributed by atoms with Crippen molar-refractivity contribution in [1.82, 2.24) is 4.90 Å². The zero-order valence-corrected chi connectivity index (χ0v) is 19.0. The van der Waals surface area contributed by atoms with Gasteiger partial charge in [-0.2, -0.15) is 0 Å². The van der Waals surface area contributed by atoms with Crippen molar-refractivity contribution in [2.75, 3.05) is 18.5 Å². The molecule has 180 valence electrons. The van der Waals surface area contributed by atoms with Crippen LogP contribution < -0.4 is 10.1 Å². The van der Waals surface area contributed by atoms with E-state index in [9.17, 15) is 19.5 Å². The molecule has 8 nitrogen and oxygen atoms in total. The molecule has 1 aliphatic heterocycles. The number of ether oxygens (including phenoxy) is 1. The maximum atomic E-state index is 12.7. The lowest BCUT2D eigenvalue weighted by Gasteiger charge is -2.16. The summed E-state index contributed by atoms with van der Waals surface area (Å²) in [5.74, 6) is -1.47. The summed E-state index contributed by atoms with van der Waals surface area (Å²) in [7, 11) is 0. The molecule has 3 rings (SSSR count). The van der Waals surface area contributed by atoms with Gasteiger partial charge < -0.3 is 25.2 Å². The second-order valence-corrected chi connectivity index (χ2v) is 8.21. The Morgan fingerprint density at radius 3 is 2.32 bits per heavy atom. The number of carboxylic acid groups (broad SMARTS) is 1. The van der Waals surface area contributed by atoms with Crippen molar-refractivity contribution in [2.24, 2.45) is 0 Å². The monoisotopic (exact) mass is 466 g/mol. The number of nitrogens with one attached hydrogen (secondary N) is 1. The molecule has 0 atom stereocenters. The number of aliphatic hydroxyl groups is 1. The van der Waals surface area contributed by atoms with Gasteiger partial charge >= 0.3 is 5.97 Å². The summed E-state index contributed by atoms with van der Waals surface area (Å²) in [5.41, 5.74) is 1.17. The van der Waals surface area contributed by atoms with Crippen LogP contribution in [0.3, 0.4) is 0 Å². The predicted octanol–water partition coefficient (Wildman–Crippen LogP) is 4.28. The van der Waals surface area contributed by atoms with Crippen molar-refractivity contribution in [2.45, 2.75) is 45.1 Å². The van der Waals surface area contributed by atoms with Crippen LogP contribution in [0, 0.1) is 0 Å². The Hall–Kier alpha value is -3.81. The highest BCUT2D eigenvalue weighted by molar-refractivity contribution is 6.24. The van der Waals surface area contributed by atoms with E-state index in [1.807, 2.05) is 30.3 Å². The predicted molar refractivity (Wildman–Crippen MR) is 127 cm³/mol. The number of aliphatic carboxylic acids is 1. The molecule has 0 saturated heterocycles. The van der Waals surface area contributed by atoms with Gasteiger partial charge in [-0.1, -0.05) is 49.6 Å². The van der Waals surface area contributed by atoms with E-state index in [1.54, 1.807) is 24.3 Å². The molecule has 2 aromatic rings. The topological polar surface area (TPSA) is 116 Å². The van der Waals surface area contributed by atoms with Crippen LogP contribution in [0.5, 0.6) is 5.75 Å². The van der Waals surface area contributed by atoms with Gasteiger partial charge in [-0.15, -0.1) is 0 Å². The highest BCUT2D eigenvalue weighted by atomic mass is 16.5. The van der Waals surface area contributed by atoms with Gasteiger partial charge in [0.05, 0.1) is 13.2 Å². The van der Waals surface area contributed by atoms with Gasteiger partial charge in [0, 0.05) is 18.7 Å². The standard InChI is InChI=1S/C26H30N2O6/c29-22-18-28(17-19-9-5-4-6-10-19)26(33)24(22)25(32)27-20-12-14-21(15-13-20)34-16-8-3-1-2-7-11-23(30)31/h4-6,9-10,12-15,29H,1-3,7-8,11,16-18H2,(H,27,32)(H,30,31). The van der Waals surface area contributed by atoms with E-state index in [2.05, 4.69) is 5.32 Å². The van der Waals surface area contributed by atoms with Crippen molar-refractivity contribution in [3.63, 3.8) is 0 Å². The fourth-order valence-corrected chi connectivity index (χ4v) is 3.70. The first kappa shape index (κ1) is 24.8. The maximum absolute atomic E-state index is 12.7. The van der Waals surface area contributed by atoms with Crippen LogP contribution in [0.1, 0.15) is 44.1 Å². The van der Waals surface area contributed by atoms with Crippen molar-refractivity contribution in [3.05, 3.63) is 71.5 Å². The molecule has 1 aliphatic rings. The molecule has 0 fully saturated rings. The molecule has 2 aromatic carbocycles. The number of carboxylic acids is 1. The summed E-state index contributed by atoms with van der Waals surface area (Å²) in [4.78, 5) is 37.2. The molecule has 34 heavy (non-hydrogen) atoms. The largest absolute Gasteiger partial charge is 0.509 e. The highest BCUT2D eigenvalue weighted by Gasteiger charge is 2.35. The minimum atomic E-state index is -0.753. The van der Waals surface area contributed by atoms with Crippen molar-refractivity contribution in [3.8, 4) is 5.75 Å². The number of carbonyl (C=O) groups excluding carboxylic acids is 2. The van der Waals surface area contributed by atoms with Crippen LogP contribution in [0.2, 0.25) is 0 Å². The Kier molecular flexibility index (Phi) is 9.08. The van der Waals surface area contributed by atoms with Crippen molar-refractivity contribution in [1.29, 1.82) is 0 Å². The molecular weight excluding hydrogens is 436 g/mol. The van der Waals surface area contributed by atoms with Gasteiger partial charge in [-0.05, 0) is 42.7 Å². The molecule has 0 saturated carbocycles. The zero-order valence-electron chi connectivity index (χ0n) is 19.0. The molecule has 0 aromatic heterocycles.